The van der Waals surface area contributed by atoms with Crippen LogP contribution in [0.3, 0.4) is 0 Å². The molecule has 1 aromatic carbocycles. The summed E-state index contributed by atoms with van der Waals surface area (Å²) in [5.74, 6) is -0.552. The first-order valence-electron chi connectivity index (χ1n) is 6.19. The first-order valence-corrected chi connectivity index (χ1v) is 8.21. The predicted octanol–water partition coefficient (Wildman–Crippen LogP) is 4.39. The van der Waals surface area contributed by atoms with E-state index in [-0.39, 0.29) is 11.7 Å². The third-order valence-corrected chi connectivity index (χ3v) is 4.85. The number of anilines is 1. The number of halogens is 2. The third kappa shape index (κ3) is 2.97. The number of amides is 1. The Kier molecular flexibility index (Phi) is 4.37. The van der Waals surface area contributed by atoms with E-state index in [0.29, 0.717) is 19.4 Å². The normalized spacial score (nSPS) is 16.6. The van der Waals surface area contributed by atoms with Crippen LogP contribution in [0.4, 0.5) is 10.1 Å². The minimum absolute atomic E-state index is 0.205. The highest BCUT2D eigenvalue weighted by Crippen LogP contribution is 2.35. The Morgan fingerprint density at radius 2 is 2.18 bits per heavy atom. The van der Waals surface area contributed by atoms with E-state index in [4.69, 9.17) is 12.2 Å². The summed E-state index contributed by atoms with van der Waals surface area (Å²) in [5, 5.41) is 0. The van der Waals surface area contributed by atoms with Gasteiger partial charge in [-0.2, -0.15) is 0 Å². The molecule has 2 heterocycles. The van der Waals surface area contributed by atoms with Crippen molar-refractivity contribution in [3.05, 3.63) is 63.5 Å². The van der Waals surface area contributed by atoms with Gasteiger partial charge in [-0.15, -0.1) is 0 Å². The molecule has 1 aliphatic heterocycles. The van der Waals surface area contributed by atoms with Crippen LogP contribution in [-0.2, 0) is 4.79 Å². The summed E-state index contributed by atoms with van der Waals surface area (Å²) in [4.78, 5) is 18.4. The molecule has 3 nitrogen and oxygen atoms in total. The quantitative estimate of drug-likeness (QED) is 0.558. The molecule has 0 bridgehead atoms. The van der Waals surface area contributed by atoms with E-state index < -0.39 is 0 Å². The topological polar surface area (TPSA) is 33.2 Å². The van der Waals surface area contributed by atoms with Crippen molar-refractivity contribution in [2.45, 2.75) is 0 Å². The average Bonchev–Trinajstić information content (AvgIpc) is 2.78. The Balaban J connectivity index is 1.93. The molecule has 2 aromatic rings. The van der Waals surface area contributed by atoms with Crippen LogP contribution >= 0.6 is 39.9 Å². The van der Waals surface area contributed by atoms with Crippen molar-refractivity contribution in [3.63, 3.8) is 0 Å². The maximum atomic E-state index is 13.3. The van der Waals surface area contributed by atoms with Crippen molar-refractivity contribution in [3.8, 4) is 0 Å². The highest BCUT2D eigenvalue weighted by Gasteiger charge is 2.33. The van der Waals surface area contributed by atoms with Gasteiger partial charge in [0.15, 0.2) is 4.32 Å². The first-order chi connectivity index (χ1) is 10.6. The van der Waals surface area contributed by atoms with Gasteiger partial charge in [-0.1, -0.05) is 30.0 Å². The fourth-order valence-electron chi connectivity index (χ4n) is 1.93. The van der Waals surface area contributed by atoms with E-state index in [1.165, 1.54) is 22.7 Å². The minimum Gasteiger partial charge on any atom is -0.268 e. The van der Waals surface area contributed by atoms with Gasteiger partial charge in [-0.05, 0) is 51.8 Å². The van der Waals surface area contributed by atoms with Crippen molar-refractivity contribution in [1.29, 1.82) is 0 Å². The first kappa shape index (κ1) is 15.3. The standard InChI is InChI=1S/C15H8BrFN2OS2/c16-11-6-9(3-4-12(11)17)7-13-14(20)19(15(21)22-13)10-2-1-5-18-8-10/h1-8H/b13-7-. The molecule has 0 saturated carbocycles. The Morgan fingerprint density at radius 1 is 1.36 bits per heavy atom. The predicted molar refractivity (Wildman–Crippen MR) is 94.0 cm³/mol. The second-order valence-corrected chi connectivity index (χ2v) is 6.93. The van der Waals surface area contributed by atoms with E-state index in [1.807, 2.05) is 0 Å². The van der Waals surface area contributed by atoms with Gasteiger partial charge in [-0.3, -0.25) is 14.7 Å². The van der Waals surface area contributed by atoms with E-state index in [9.17, 15) is 9.18 Å². The monoisotopic (exact) mass is 394 g/mol. The second-order valence-electron chi connectivity index (χ2n) is 4.40. The second kappa shape index (κ2) is 6.28. The van der Waals surface area contributed by atoms with Crippen molar-refractivity contribution in [2.75, 3.05) is 4.90 Å². The van der Waals surface area contributed by atoms with Gasteiger partial charge in [0.1, 0.15) is 5.82 Å². The molecule has 0 aliphatic carbocycles. The number of carbonyl (C=O) groups excluding carboxylic acids is 1. The fraction of sp³-hybridized carbons (Fsp3) is 0. The molecule has 0 atom stereocenters. The number of nitrogens with zero attached hydrogens (tertiary/aromatic N) is 2. The molecule has 1 aromatic heterocycles. The van der Waals surface area contributed by atoms with Crippen LogP contribution in [0, 0.1) is 5.82 Å². The van der Waals surface area contributed by atoms with Crippen LogP contribution in [0.1, 0.15) is 5.56 Å². The largest absolute Gasteiger partial charge is 0.270 e. The Hall–Kier alpha value is -1.57. The molecule has 7 heteroatoms. The molecular weight excluding hydrogens is 387 g/mol. The Labute approximate surface area is 144 Å². The Morgan fingerprint density at radius 3 is 2.86 bits per heavy atom. The Bertz CT molecular complexity index is 795. The van der Waals surface area contributed by atoms with Crippen LogP contribution < -0.4 is 4.90 Å². The van der Waals surface area contributed by atoms with Gasteiger partial charge >= 0.3 is 0 Å². The van der Waals surface area contributed by atoms with Crippen molar-refractivity contribution in [1.82, 2.24) is 4.98 Å². The van der Waals surface area contributed by atoms with Crippen molar-refractivity contribution >= 4 is 61.9 Å². The number of thiocarbonyl (C=S) groups is 1. The fourth-order valence-corrected chi connectivity index (χ4v) is 3.63. The van der Waals surface area contributed by atoms with Crippen LogP contribution in [0.15, 0.2) is 52.1 Å². The highest BCUT2D eigenvalue weighted by atomic mass is 79.9. The zero-order valence-corrected chi connectivity index (χ0v) is 14.2. The van der Waals surface area contributed by atoms with Gasteiger partial charge in [0, 0.05) is 6.20 Å². The molecule has 0 radical (unpaired) electrons. The third-order valence-electron chi connectivity index (χ3n) is 2.94. The number of hydrogen-bond acceptors (Lipinski definition) is 4. The van der Waals surface area contributed by atoms with Crippen LogP contribution in [0.2, 0.25) is 0 Å². The number of pyridine rings is 1. The van der Waals surface area contributed by atoms with Gasteiger partial charge < -0.3 is 0 Å². The summed E-state index contributed by atoms with van der Waals surface area (Å²) in [6.07, 6.45) is 4.91. The van der Waals surface area contributed by atoms with E-state index in [2.05, 4.69) is 20.9 Å². The van der Waals surface area contributed by atoms with Gasteiger partial charge in [0.25, 0.3) is 5.91 Å². The summed E-state index contributed by atoms with van der Waals surface area (Å²) in [5.41, 5.74) is 1.36. The lowest BCUT2D eigenvalue weighted by molar-refractivity contribution is -0.113. The molecule has 0 unspecified atom stereocenters. The lowest BCUT2D eigenvalue weighted by Gasteiger charge is -2.13. The maximum Gasteiger partial charge on any atom is 0.270 e. The maximum absolute atomic E-state index is 13.3. The van der Waals surface area contributed by atoms with Crippen molar-refractivity contribution < 1.29 is 9.18 Å². The molecule has 0 N–H and O–H groups in total. The SMILES string of the molecule is O=C1/C(=C/c2ccc(F)c(Br)c2)SC(=S)N1c1cccnc1. The van der Waals surface area contributed by atoms with Gasteiger partial charge in [0.05, 0.1) is 21.3 Å². The zero-order chi connectivity index (χ0) is 15.7. The molecule has 1 saturated heterocycles. The molecular formula is C15H8BrFN2OS2. The summed E-state index contributed by atoms with van der Waals surface area (Å²) in [6, 6.07) is 8.09. The number of hydrogen-bond donors (Lipinski definition) is 0. The lowest BCUT2D eigenvalue weighted by atomic mass is 10.2. The lowest BCUT2D eigenvalue weighted by Crippen LogP contribution is -2.27. The average molecular weight is 395 g/mol. The molecule has 1 amide bonds. The minimum atomic E-state index is -0.347. The molecule has 22 heavy (non-hydrogen) atoms. The molecule has 1 fully saturated rings. The summed E-state index contributed by atoms with van der Waals surface area (Å²) < 4.78 is 14.1. The number of thioether (sulfide) groups is 1. The van der Waals surface area contributed by atoms with E-state index in [0.717, 1.165) is 5.56 Å². The number of carbonyl (C=O) groups is 1. The van der Waals surface area contributed by atoms with Crippen LogP contribution in [0.25, 0.3) is 6.08 Å². The van der Waals surface area contributed by atoms with Crippen LogP contribution in [0.5, 0.6) is 0 Å². The summed E-state index contributed by atoms with van der Waals surface area (Å²) in [6.45, 7) is 0. The van der Waals surface area contributed by atoms with Gasteiger partial charge in [0.2, 0.25) is 0 Å². The van der Waals surface area contributed by atoms with Crippen LogP contribution in [-0.4, -0.2) is 15.2 Å². The zero-order valence-electron chi connectivity index (χ0n) is 11.0. The smallest absolute Gasteiger partial charge is 0.268 e. The number of benzene rings is 1. The van der Waals surface area contributed by atoms with E-state index in [1.54, 1.807) is 42.7 Å². The molecule has 0 spiro atoms. The van der Waals surface area contributed by atoms with Crippen molar-refractivity contribution in [2.24, 2.45) is 0 Å². The summed E-state index contributed by atoms with van der Waals surface area (Å²) in [7, 11) is 0. The molecule has 1 aliphatic rings. The highest BCUT2D eigenvalue weighted by molar-refractivity contribution is 9.10. The number of aromatic nitrogens is 1. The van der Waals surface area contributed by atoms with E-state index >= 15 is 0 Å². The summed E-state index contributed by atoms with van der Waals surface area (Å²) >= 11 is 9.61. The molecule has 3 rings (SSSR count). The van der Waals surface area contributed by atoms with Gasteiger partial charge in [-0.25, -0.2) is 4.39 Å². The molecule has 110 valence electrons. The number of rotatable bonds is 2.